The van der Waals surface area contributed by atoms with Gasteiger partial charge in [-0.15, -0.1) is 0 Å². The van der Waals surface area contributed by atoms with Crippen molar-refractivity contribution in [2.24, 2.45) is 0 Å². The maximum absolute atomic E-state index is 5.48. The second kappa shape index (κ2) is 2.56. The summed E-state index contributed by atoms with van der Waals surface area (Å²) in [5.41, 5.74) is 0. The molecule has 54 valence electrons. The van der Waals surface area contributed by atoms with Gasteiger partial charge in [-0.1, -0.05) is 24.3 Å². The lowest BCUT2D eigenvalue weighted by Crippen LogP contribution is -2.46. The van der Waals surface area contributed by atoms with E-state index in [4.69, 9.17) is 4.74 Å². The van der Waals surface area contributed by atoms with Crippen LogP contribution in [-0.4, -0.2) is 25.3 Å². The van der Waals surface area contributed by atoms with Gasteiger partial charge in [0.05, 0.1) is 18.8 Å². The minimum absolute atomic E-state index is 0.277. The van der Waals surface area contributed by atoms with Gasteiger partial charge in [0.25, 0.3) is 0 Å². The summed E-state index contributed by atoms with van der Waals surface area (Å²) in [7, 11) is 0. The summed E-state index contributed by atoms with van der Waals surface area (Å²) in [6.45, 7) is 1.80. The van der Waals surface area contributed by atoms with Gasteiger partial charge in [-0.3, -0.25) is 0 Å². The molecular weight excluding hydrogens is 126 g/mol. The summed E-state index contributed by atoms with van der Waals surface area (Å²) in [5, 5.41) is 3.36. The van der Waals surface area contributed by atoms with E-state index in [9.17, 15) is 0 Å². The van der Waals surface area contributed by atoms with Crippen LogP contribution in [-0.2, 0) is 4.74 Å². The average molecular weight is 137 g/mol. The molecule has 0 aromatic heterocycles. The third kappa shape index (κ3) is 1.00. The lowest BCUT2D eigenvalue weighted by atomic mass is 10.0. The van der Waals surface area contributed by atoms with Crippen molar-refractivity contribution in [3.63, 3.8) is 0 Å². The Labute approximate surface area is 60.6 Å². The summed E-state index contributed by atoms with van der Waals surface area (Å²) in [6, 6.07) is 0.416. The number of nitrogens with one attached hydrogen (secondary N) is 1. The van der Waals surface area contributed by atoms with Crippen LogP contribution in [0.3, 0.4) is 0 Å². The summed E-state index contributed by atoms with van der Waals surface area (Å²) in [5.74, 6) is 0. The van der Waals surface area contributed by atoms with Gasteiger partial charge in [0.2, 0.25) is 0 Å². The van der Waals surface area contributed by atoms with Crippen molar-refractivity contribution in [1.29, 1.82) is 0 Å². The summed E-state index contributed by atoms with van der Waals surface area (Å²) >= 11 is 0. The molecule has 1 N–H and O–H groups in total. The predicted molar refractivity (Wildman–Crippen MR) is 39.8 cm³/mol. The van der Waals surface area contributed by atoms with Gasteiger partial charge in [0.15, 0.2) is 0 Å². The fourth-order valence-corrected chi connectivity index (χ4v) is 1.35. The molecule has 1 heterocycles. The topological polar surface area (TPSA) is 21.3 Å². The molecule has 0 radical (unpaired) electrons. The van der Waals surface area contributed by atoms with Gasteiger partial charge in [0.1, 0.15) is 0 Å². The third-order valence-corrected chi connectivity index (χ3v) is 1.88. The van der Waals surface area contributed by atoms with Gasteiger partial charge < -0.3 is 10.1 Å². The zero-order valence-corrected chi connectivity index (χ0v) is 5.79. The Balaban J connectivity index is 2.09. The number of hydrogen-bond acceptors (Lipinski definition) is 2. The first-order chi connectivity index (χ1) is 4.97. The fraction of sp³-hybridized carbons (Fsp3) is 0.500. The van der Waals surface area contributed by atoms with E-state index in [0.717, 1.165) is 13.2 Å². The molecule has 0 aromatic carbocycles. The number of fused-ring (bicyclic) bond motifs is 1. The Hall–Kier alpha value is -0.600. The Morgan fingerprint density at radius 3 is 3.10 bits per heavy atom. The molecule has 2 nitrogen and oxygen atoms in total. The molecule has 1 aliphatic heterocycles. The second-order valence-electron chi connectivity index (χ2n) is 2.59. The molecule has 2 atom stereocenters. The van der Waals surface area contributed by atoms with E-state index in [-0.39, 0.29) is 6.10 Å². The molecule has 0 amide bonds. The molecule has 0 spiro atoms. The van der Waals surface area contributed by atoms with Crippen LogP contribution in [0.15, 0.2) is 24.3 Å². The number of allylic oxidation sites excluding steroid dienone is 2. The molecule has 0 saturated carbocycles. The summed E-state index contributed by atoms with van der Waals surface area (Å²) < 4.78 is 5.48. The molecule has 1 fully saturated rings. The second-order valence-corrected chi connectivity index (χ2v) is 2.59. The van der Waals surface area contributed by atoms with Gasteiger partial charge in [-0.05, 0) is 0 Å². The van der Waals surface area contributed by atoms with Crippen LogP contribution in [0.4, 0.5) is 0 Å². The standard InChI is InChI=1S/C8H11NO/c1-2-4-8-7(3-1)9-5-6-10-8/h1-4,7-9H,5-6H2/t7?,8-/m0/s1. The molecule has 0 bridgehead atoms. The Kier molecular flexibility index (Phi) is 1.57. The first-order valence-electron chi connectivity index (χ1n) is 3.67. The van der Waals surface area contributed by atoms with E-state index in [1.54, 1.807) is 0 Å². The van der Waals surface area contributed by atoms with E-state index in [0.29, 0.717) is 6.04 Å². The van der Waals surface area contributed by atoms with Gasteiger partial charge in [-0.25, -0.2) is 0 Å². The number of ether oxygens (including phenoxy) is 1. The number of hydrogen-bond donors (Lipinski definition) is 1. The number of rotatable bonds is 0. The molecule has 2 rings (SSSR count). The minimum Gasteiger partial charge on any atom is -0.371 e. The molecule has 1 saturated heterocycles. The first kappa shape index (κ1) is 6.13. The van der Waals surface area contributed by atoms with E-state index < -0.39 is 0 Å². The highest BCUT2D eigenvalue weighted by molar-refractivity contribution is 5.19. The summed E-state index contributed by atoms with van der Waals surface area (Å²) in [4.78, 5) is 0. The van der Waals surface area contributed by atoms with Crippen LogP contribution in [0, 0.1) is 0 Å². The molecule has 2 heteroatoms. The molecule has 1 unspecified atom stereocenters. The highest BCUT2D eigenvalue weighted by Crippen LogP contribution is 2.11. The van der Waals surface area contributed by atoms with E-state index in [1.165, 1.54) is 0 Å². The SMILES string of the molecule is C1=CC2NCCO[C@H]2C=C1. The van der Waals surface area contributed by atoms with E-state index in [2.05, 4.69) is 23.5 Å². The smallest absolute Gasteiger partial charge is 0.0948 e. The lowest BCUT2D eigenvalue weighted by Gasteiger charge is -2.30. The van der Waals surface area contributed by atoms with Crippen LogP contribution in [0.2, 0.25) is 0 Å². The maximum atomic E-state index is 5.48. The Morgan fingerprint density at radius 1 is 1.30 bits per heavy atom. The molecular formula is C8H11NO. The maximum Gasteiger partial charge on any atom is 0.0948 e. The first-order valence-corrected chi connectivity index (χ1v) is 3.67. The average Bonchev–Trinajstić information content (AvgIpc) is 2.05. The lowest BCUT2D eigenvalue weighted by molar-refractivity contribution is 0.0385. The molecule has 0 aromatic rings. The van der Waals surface area contributed by atoms with Crippen LogP contribution in [0.5, 0.6) is 0 Å². The van der Waals surface area contributed by atoms with Gasteiger partial charge in [-0.2, -0.15) is 0 Å². The van der Waals surface area contributed by atoms with Gasteiger partial charge in [0, 0.05) is 6.54 Å². The molecule has 2 aliphatic rings. The van der Waals surface area contributed by atoms with E-state index >= 15 is 0 Å². The van der Waals surface area contributed by atoms with Crippen molar-refractivity contribution in [2.45, 2.75) is 12.1 Å². The quantitative estimate of drug-likeness (QED) is 0.524. The van der Waals surface area contributed by atoms with Crippen LogP contribution < -0.4 is 5.32 Å². The van der Waals surface area contributed by atoms with Crippen molar-refractivity contribution in [3.8, 4) is 0 Å². The normalized spacial score (nSPS) is 37.6. The van der Waals surface area contributed by atoms with Crippen molar-refractivity contribution in [3.05, 3.63) is 24.3 Å². The largest absolute Gasteiger partial charge is 0.371 e. The molecule has 10 heavy (non-hydrogen) atoms. The number of morpholine rings is 1. The molecule has 1 aliphatic carbocycles. The zero-order chi connectivity index (χ0) is 6.81. The monoisotopic (exact) mass is 137 g/mol. The van der Waals surface area contributed by atoms with Crippen molar-refractivity contribution in [1.82, 2.24) is 5.32 Å². The van der Waals surface area contributed by atoms with Crippen molar-refractivity contribution < 1.29 is 4.74 Å². The van der Waals surface area contributed by atoms with E-state index in [1.807, 2.05) is 6.08 Å². The minimum atomic E-state index is 0.277. The van der Waals surface area contributed by atoms with Crippen LogP contribution in [0.25, 0.3) is 0 Å². The Bertz CT molecular complexity index is 154. The fourth-order valence-electron chi connectivity index (χ4n) is 1.35. The van der Waals surface area contributed by atoms with Crippen LogP contribution >= 0.6 is 0 Å². The Morgan fingerprint density at radius 2 is 2.20 bits per heavy atom. The highest BCUT2D eigenvalue weighted by Gasteiger charge is 2.21. The zero-order valence-electron chi connectivity index (χ0n) is 5.79. The summed E-state index contributed by atoms with van der Waals surface area (Å²) in [6.07, 6.45) is 8.61. The van der Waals surface area contributed by atoms with Crippen LogP contribution in [0.1, 0.15) is 0 Å². The third-order valence-electron chi connectivity index (χ3n) is 1.88. The predicted octanol–water partition coefficient (Wildman–Crippen LogP) is 0.469. The van der Waals surface area contributed by atoms with Gasteiger partial charge >= 0.3 is 0 Å². The van der Waals surface area contributed by atoms with Crippen molar-refractivity contribution >= 4 is 0 Å². The highest BCUT2D eigenvalue weighted by atomic mass is 16.5. The van der Waals surface area contributed by atoms with Crippen molar-refractivity contribution in [2.75, 3.05) is 13.2 Å².